The van der Waals surface area contributed by atoms with E-state index in [9.17, 15) is 26.7 Å². The van der Waals surface area contributed by atoms with Gasteiger partial charge >= 0.3 is 12.1 Å². The highest BCUT2D eigenvalue weighted by Gasteiger charge is 2.63. The van der Waals surface area contributed by atoms with E-state index in [-0.39, 0.29) is 23.6 Å². The van der Waals surface area contributed by atoms with Crippen LogP contribution >= 0.6 is 0 Å². The highest BCUT2D eigenvalue weighted by atomic mass is 19.4. The van der Waals surface area contributed by atoms with Crippen molar-refractivity contribution < 1.29 is 41.0 Å². The van der Waals surface area contributed by atoms with Gasteiger partial charge in [-0.05, 0) is 26.0 Å². The maximum Gasteiger partial charge on any atom is 0.428 e. The zero-order valence-electron chi connectivity index (χ0n) is 15.0. The average molecular weight is 395 g/mol. The first kappa shape index (κ1) is 20.9. The summed E-state index contributed by atoms with van der Waals surface area (Å²) < 4.78 is 81.4. The predicted molar refractivity (Wildman–Crippen MR) is 84.0 cm³/mol. The quantitative estimate of drug-likeness (QED) is 0.550. The lowest BCUT2D eigenvalue weighted by atomic mass is 9.83. The molecule has 0 aliphatic carbocycles. The lowest BCUT2D eigenvalue weighted by Gasteiger charge is -2.32. The second-order valence-electron chi connectivity index (χ2n) is 5.99. The van der Waals surface area contributed by atoms with Gasteiger partial charge in [0.05, 0.1) is 13.7 Å². The number of rotatable bonds is 5. The van der Waals surface area contributed by atoms with Crippen molar-refractivity contribution >= 4 is 11.5 Å². The molecule has 0 bridgehead atoms. The molecule has 0 spiro atoms. The van der Waals surface area contributed by atoms with E-state index in [1.165, 1.54) is 13.8 Å². The molecule has 2 rings (SSSR count). The summed E-state index contributed by atoms with van der Waals surface area (Å²) in [4.78, 5) is 15.8. The molecule has 0 unspecified atom stereocenters. The Morgan fingerprint density at radius 1 is 1.37 bits per heavy atom. The van der Waals surface area contributed by atoms with Gasteiger partial charge in [0.15, 0.2) is 0 Å². The number of halogens is 5. The molecule has 0 fully saturated rings. The van der Waals surface area contributed by atoms with Crippen LogP contribution in [0.5, 0.6) is 5.88 Å². The van der Waals surface area contributed by atoms with Crippen LogP contribution in [0.3, 0.4) is 0 Å². The smallest absolute Gasteiger partial charge is 0.428 e. The van der Waals surface area contributed by atoms with Gasteiger partial charge in [0.25, 0.3) is 6.43 Å². The van der Waals surface area contributed by atoms with Gasteiger partial charge in [-0.1, -0.05) is 6.92 Å². The van der Waals surface area contributed by atoms with Crippen molar-refractivity contribution in [3.8, 4) is 5.88 Å². The van der Waals surface area contributed by atoms with Gasteiger partial charge in [-0.2, -0.15) is 13.2 Å². The molecule has 1 aromatic rings. The van der Waals surface area contributed by atoms with Gasteiger partial charge in [-0.25, -0.2) is 18.6 Å². The number of aromatic nitrogens is 1. The fourth-order valence-corrected chi connectivity index (χ4v) is 2.77. The van der Waals surface area contributed by atoms with E-state index in [0.29, 0.717) is 0 Å². The van der Waals surface area contributed by atoms with Crippen LogP contribution < -0.4 is 4.74 Å². The second-order valence-corrected chi connectivity index (χ2v) is 5.99. The van der Waals surface area contributed by atoms with Crippen LogP contribution in [-0.2, 0) is 14.3 Å². The molecule has 1 aliphatic heterocycles. The van der Waals surface area contributed by atoms with Crippen LogP contribution in [0.15, 0.2) is 17.9 Å². The Labute approximate surface area is 152 Å². The third-order valence-electron chi connectivity index (χ3n) is 4.43. The Balaban J connectivity index is 2.68. The molecule has 0 saturated heterocycles. The summed E-state index contributed by atoms with van der Waals surface area (Å²) in [6.07, 6.45) is -7.71. The van der Waals surface area contributed by atoms with Crippen LogP contribution in [-0.4, -0.2) is 36.4 Å². The van der Waals surface area contributed by atoms with Gasteiger partial charge in [-0.3, -0.25) is 0 Å². The molecule has 0 N–H and O–H groups in total. The molecule has 0 amide bonds. The van der Waals surface area contributed by atoms with Crippen LogP contribution in [0.1, 0.15) is 38.5 Å². The maximum absolute atomic E-state index is 13.6. The van der Waals surface area contributed by atoms with E-state index in [2.05, 4.69) is 4.98 Å². The SMILES string of the molecule is CCOC(=O)C1=C(c2ccc(C(F)F)nc2OC)[C@H](C)[C@](C)(C(F)(F)F)O1. The summed E-state index contributed by atoms with van der Waals surface area (Å²) in [5.74, 6) is -3.43. The number of carbonyl (C=O) groups is 1. The summed E-state index contributed by atoms with van der Waals surface area (Å²) in [6, 6.07) is 2.08. The van der Waals surface area contributed by atoms with Gasteiger partial charge in [-0.15, -0.1) is 0 Å². The number of hydrogen-bond donors (Lipinski definition) is 0. The molecule has 1 aliphatic rings. The standard InChI is InChI=1S/C17H18F5NO4/c1-5-26-15(24)12-11(8(2)16(3,27-12)17(20,21)22)9-6-7-10(13(18)19)23-14(9)25-4/h6-8,13H,5H2,1-4H3/t8-,16+/m0/s1. The Morgan fingerprint density at radius 2 is 2.00 bits per heavy atom. The summed E-state index contributed by atoms with van der Waals surface area (Å²) in [7, 11) is 1.13. The monoisotopic (exact) mass is 395 g/mol. The van der Waals surface area contributed by atoms with Crippen LogP contribution in [0.4, 0.5) is 22.0 Å². The van der Waals surface area contributed by atoms with Gasteiger partial charge < -0.3 is 14.2 Å². The summed E-state index contributed by atoms with van der Waals surface area (Å²) in [5.41, 5.74) is -3.54. The fraction of sp³-hybridized carbons (Fsp3) is 0.529. The number of ether oxygens (including phenoxy) is 3. The summed E-state index contributed by atoms with van der Waals surface area (Å²) >= 11 is 0. The number of methoxy groups -OCH3 is 1. The lowest BCUT2D eigenvalue weighted by molar-refractivity contribution is -0.262. The maximum atomic E-state index is 13.6. The lowest BCUT2D eigenvalue weighted by Crippen LogP contribution is -2.47. The van der Waals surface area contributed by atoms with Crippen LogP contribution in [0.25, 0.3) is 5.57 Å². The molecule has 2 atom stereocenters. The third-order valence-corrected chi connectivity index (χ3v) is 4.43. The molecule has 150 valence electrons. The van der Waals surface area contributed by atoms with E-state index in [1.807, 2.05) is 0 Å². The Hall–Kier alpha value is -2.39. The van der Waals surface area contributed by atoms with Crippen LogP contribution in [0, 0.1) is 5.92 Å². The van der Waals surface area contributed by atoms with Crippen molar-refractivity contribution in [1.29, 1.82) is 0 Å². The van der Waals surface area contributed by atoms with E-state index in [1.54, 1.807) is 0 Å². The Bertz CT molecular complexity index is 762. The summed E-state index contributed by atoms with van der Waals surface area (Å²) in [5, 5.41) is 0. The van der Waals surface area contributed by atoms with E-state index < -0.39 is 41.5 Å². The first-order chi connectivity index (χ1) is 12.5. The number of carbonyl (C=O) groups excluding carboxylic acids is 1. The van der Waals surface area contributed by atoms with Crippen molar-refractivity contribution in [2.24, 2.45) is 5.92 Å². The van der Waals surface area contributed by atoms with Crippen molar-refractivity contribution in [3.63, 3.8) is 0 Å². The zero-order chi connectivity index (χ0) is 20.6. The van der Waals surface area contributed by atoms with E-state index >= 15 is 0 Å². The fourth-order valence-electron chi connectivity index (χ4n) is 2.77. The highest BCUT2D eigenvalue weighted by Crippen LogP contribution is 2.53. The van der Waals surface area contributed by atoms with Crippen molar-refractivity contribution in [2.45, 2.75) is 39.0 Å². The molecular formula is C17H18F5NO4. The number of pyridine rings is 1. The number of hydrogen-bond acceptors (Lipinski definition) is 5. The molecule has 5 nitrogen and oxygen atoms in total. The topological polar surface area (TPSA) is 57.7 Å². The molecule has 0 aromatic carbocycles. The average Bonchev–Trinajstić information content (AvgIpc) is 2.87. The third kappa shape index (κ3) is 3.57. The first-order valence-electron chi connectivity index (χ1n) is 7.98. The van der Waals surface area contributed by atoms with E-state index in [0.717, 1.165) is 26.2 Å². The zero-order valence-corrected chi connectivity index (χ0v) is 15.0. The van der Waals surface area contributed by atoms with Crippen molar-refractivity contribution in [2.75, 3.05) is 13.7 Å². The molecule has 10 heteroatoms. The predicted octanol–water partition coefficient (Wildman–Crippen LogP) is 4.29. The molecular weight excluding hydrogens is 377 g/mol. The minimum Gasteiger partial charge on any atom is -0.481 e. The van der Waals surface area contributed by atoms with Crippen LogP contribution in [0.2, 0.25) is 0 Å². The largest absolute Gasteiger partial charge is 0.481 e. The summed E-state index contributed by atoms with van der Waals surface area (Å²) in [6.45, 7) is 3.42. The highest BCUT2D eigenvalue weighted by molar-refractivity contribution is 5.98. The van der Waals surface area contributed by atoms with Crippen molar-refractivity contribution in [1.82, 2.24) is 4.98 Å². The minimum absolute atomic E-state index is 0.0505. The number of esters is 1. The molecule has 0 radical (unpaired) electrons. The minimum atomic E-state index is -4.81. The molecule has 1 aromatic heterocycles. The van der Waals surface area contributed by atoms with Gasteiger partial charge in [0.1, 0.15) is 5.69 Å². The van der Waals surface area contributed by atoms with Gasteiger partial charge in [0, 0.05) is 17.1 Å². The number of alkyl halides is 5. The molecule has 27 heavy (non-hydrogen) atoms. The second kappa shape index (κ2) is 7.32. The first-order valence-corrected chi connectivity index (χ1v) is 7.98. The normalized spacial score (nSPS) is 22.8. The Morgan fingerprint density at radius 3 is 2.48 bits per heavy atom. The van der Waals surface area contributed by atoms with E-state index in [4.69, 9.17) is 14.2 Å². The number of nitrogens with zero attached hydrogens (tertiary/aromatic N) is 1. The Kier molecular flexibility index (Phi) is 5.67. The molecule has 0 saturated carbocycles. The van der Waals surface area contributed by atoms with Crippen molar-refractivity contribution in [3.05, 3.63) is 29.1 Å². The molecule has 2 heterocycles. The van der Waals surface area contributed by atoms with Gasteiger partial charge in [0.2, 0.25) is 17.2 Å².